The fourth-order valence-corrected chi connectivity index (χ4v) is 4.65. The molecule has 0 spiro atoms. The predicted octanol–water partition coefficient (Wildman–Crippen LogP) is 2.65. The van der Waals surface area contributed by atoms with Crippen molar-refractivity contribution < 1.29 is 12.8 Å². The van der Waals surface area contributed by atoms with Crippen molar-refractivity contribution >= 4 is 10.0 Å². The van der Waals surface area contributed by atoms with Crippen LogP contribution in [0.3, 0.4) is 0 Å². The van der Waals surface area contributed by atoms with E-state index in [-0.39, 0.29) is 22.5 Å². The van der Waals surface area contributed by atoms with E-state index in [0.717, 1.165) is 31.4 Å². The molecule has 0 saturated carbocycles. The molecule has 1 aromatic rings. The van der Waals surface area contributed by atoms with Crippen molar-refractivity contribution in [2.75, 3.05) is 0 Å². The van der Waals surface area contributed by atoms with Gasteiger partial charge in [0.25, 0.3) is 0 Å². The highest BCUT2D eigenvalue weighted by molar-refractivity contribution is 7.89. The topological polar surface area (TPSA) is 61.2 Å². The molecule has 0 aromatic heterocycles. The maximum Gasteiger partial charge on any atom is 0.243 e. The fourth-order valence-electron chi connectivity index (χ4n) is 2.74. The van der Waals surface area contributed by atoms with Crippen molar-refractivity contribution in [1.29, 1.82) is 5.26 Å². The van der Waals surface area contributed by atoms with Crippen LogP contribution in [0.25, 0.3) is 0 Å². The molecule has 0 aliphatic carbocycles. The van der Waals surface area contributed by atoms with Gasteiger partial charge in [-0.15, -0.1) is 0 Å². The lowest BCUT2D eigenvalue weighted by Crippen LogP contribution is -2.47. The molecular formula is C14H17FN2O2S. The Morgan fingerprint density at radius 3 is 2.45 bits per heavy atom. The van der Waals surface area contributed by atoms with Crippen LogP contribution < -0.4 is 0 Å². The third-order valence-electron chi connectivity index (χ3n) is 3.75. The maximum atomic E-state index is 13.3. The average molecular weight is 296 g/mol. The molecule has 2 atom stereocenters. The maximum absolute atomic E-state index is 13.3. The Morgan fingerprint density at radius 2 is 1.90 bits per heavy atom. The second-order valence-electron chi connectivity index (χ2n) is 5.22. The van der Waals surface area contributed by atoms with Crippen molar-refractivity contribution in [1.82, 2.24) is 4.31 Å². The molecule has 0 amide bonds. The van der Waals surface area contributed by atoms with Gasteiger partial charge in [-0.3, -0.25) is 0 Å². The van der Waals surface area contributed by atoms with Crippen LogP contribution >= 0.6 is 0 Å². The van der Waals surface area contributed by atoms with Crippen LogP contribution in [-0.4, -0.2) is 24.8 Å². The minimum Gasteiger partial charge on any atom is -0.207 e. The number of hydrogen-bond donors (Lipinski definition) is 0. The van der Waals surface area contributed by atoms with Gasteiger partial charge in [-0.1, -0.05) is 6.42 Å². The first kappa shape index (κ1) is 14.9. The molecule has 2 rings (SSSR count). The van der Waals surface area contributed by atoms with Crippen LogP contribution in [0.2, 0.25) is 0 Å². The van der Waals surface area contributed by atoms with Gasteiger partial charge in [0.1, 0.15) is 11.9 Å². The molecule has 1 aliphatic heterocycles. The summed E-state index contributed by atoms with van der Waals surface area (Å²) in [5.74, 6) is -0.703. The van der Waals surface area contributed by atoms with Gasteiger partial charge in [0.05, 0.1) is 10.5 Å². The monoisotopic (exact) mass is 296 g/mol. The van der Waals surface area contributed by atoms with Gasteiger partial charge in [0, 0.05) is 12.1 Å². The van der Waals surface area contributed by atoms with Gasteiger partial charge in [-0.2, -0.15) is 9.57 Å². The number of hydrogen-bond acceptors (Lipinski definition) is 3. The first-order valence-corrected chi connectivity index (χ1v) is 8.05. The highest BCUT2D eigenvalue weighted by Crippen LogP contribution is 2.30. The standard InChI is InChI=1S/C14H17FN2O2S/c1-10-4-3-5-11(2)17(10)20(18,19)13-6-7-14(15)12(8-13)9-16/h6-8,10-11H,3-5H2,1-2H3/t10-,11+. The second kappa shape index (κ2) is 5.51. The van der Waals surface area contributed by atoms with E-state index in [4.69, 9.17) is 5.26 Å². The molecule has 0 unspecified atom stereocenters. The lowest BCUT2D eigenvalue weighted by molar-refractivity contribution is 0.204. The van der Waals surface area contributed by atoms with Gasteiger partial charge in [0.15, 0.2) is 0 Å². The normalized spacial score (nSPS) is 24.3. The number of benzene rings is 1. The van der Waals surface area contributed by atoms with Crippen LogP contribution in [0, 0.1) is 17.1 Å². The van der Waals surface area contributed by atoms with Crippen molar-refractivity contribution in [2.24, 2.45) is 0 Å². The number of nitrogens with zero attached hydrogens (tertiary/aromatic N) is 2. The van der Waals surface area contributed by atoms with Crippen molar-refractivity contribution in [3.05, 3.63) is 29.6 Å². The summed E-state index contributed by atoms with van der Waals surface area (Å²) < 4.78 is 40.2. The highest BCUT2D eigenvalue weighted by atomic mass is 32.2. The van der Waals surface area contributed by atoms with Crippen LogP contribution in [0.4, 0.5) is 4.39 Å². The zero-order chi connectivity index (χ0) is 14.9. The van der Waals surface area contributed by atoms with E-state index in [1.165, 1.54) is 10.4 Å². The molecule has 1 aromatic carbocycles. The first-order valence-electron chi connectivity index (χ1n) is 6.61. The van der Waals surface area contributed by atoms with Gasteiger partial charge >= 0.3 is 0 Å². The molecule has 20 heavy (non-hydrogen) atoms. The Balaban J connectivity index is 2.47. The molecule has 1 heterocycles. The molecule has 1 fully saturated rings. The number of piperidine rings is 1. The van der Waals surface area contributed by atoms with Crippen LogP contribution in [0.1, 0.15) is 38.7 Å². The van der Waals surface area contributed by atoms with Crippen LogP contribution in [0.15, 0.2) is 23.1 Å². The van der Waals surface area contributed by atoms with Gasteiger partial charge < -0.3 is 0 Å². The second-order valence-corrected chi connectivity index (χ2v) is 7.06. The van der Waals surface area contributed by atoms with Crippen LogP contribution in [0.5, 0.6) is 0 Å². The van der Waals surface area contributed by atoms with Gasteiger partial charge in [-0.05, 0) is 44.9 Å². The number of halogens is 1. The largest absolute Gasteiger partial charge is 0.243 e. The third kappa shape index (κ3) is 2.56. The zero-order valence-corrected chi connectivity index (χ0v) is 12.3. The summed E-state index contributed by atoms with van der Waals surface area (Å²) in [7, 11) is -3.69. The van der Waals surface area contributed by atoms with Crippen molar-refractivity contribution in [3.63, 3.8) is 0 Å². The molecule has 108 valence electrons. The Bertz CT molecular complexity index is 642. The number of sulfonamides is 1. The highest BCUT2D eigenvalue weighted by Gasteiger charge is 2.35. The summed E-state index contributed by atoms with van der Waals surface area (Å²) >= 11 is 0. The zero-order valence-electron chi connectivity index (χ0n) is 11.5. The Morgan fingerprint density at radius 1 is 1.30 bits per heavy atom. The van der Waals surface area contributed by atoms with E-state index in [2.05, 4.69) is 0 Å². The van der Waals surface area contributed by atoms with E-state index in [9.17, 15) is 12.8 Å². The minimum atomic E-state index is -3.69. The summed E-state index contributed by atoms with van der Waals surface area (Å²) in [5.41, 5.74) is -0.247. The molecule has 1 aliphatic rings. The lowest BCUT2D eigenvalue weighted by atomic mass is 10.0. The van der Waals surface area contributed by atoms with E-state index >= 15 is 0 Å². The van der Waals surface area contributed by atoms with Gasteiger partial charge in [0.2, 0.25) is 10.0 Å². The average Bonchev–Trinajstić information content (AvgIpc) is 2.38. The number of rotatable bonds is 2. The summed E-state index contributed by atoms with van der Waals surface area (Å²) in [5, 5.41) is 8.82. The molecule has 0 N–H and O–H groups in total. The molecule has 6 heteroatoms. The lowest BCUT2D eigenvalue weighted by Gasteiger charge is -2.37. The molecule has 0 radical (unpaired) electrons. The van der Waals surface area contributed by atoms with E-state index in [1.807, 2.05) is 13.8 Å². The van der Waals surface area contributed by atoms with Crippen molar-refractivity contribution in [2.45, 2.75) is 50.1 Å². The van der Waals surface area contributed by atoms with E-state index in [1.54, 1.807) is 6.07 Å². The number of nitriles is 1. The smallest absolute Gasteiger partial charge is 0.207 e. The Kier molecular flexibility index (Phi) is 4.11. The van der Waals surface area contributed by atoms with E-state index in [0.29, 0.717) is 0 Å². The fraction of sp³-hybridized carbons (Fsp3) is 0.500. The SMILES string of the molecule is C[C@@H]1CCC[C@H](C)N1S(=O)(=O)c1ccc(F)c(C#N)c1. The molecule has 4 nitrogen and oxygen atoms in total. The van der Waals surface area contributed by atoms with Crippen LogP contribution in [-0.2, 0) is 10.0 Å². The Hall–Kier alpha value is -1.45. The third-order valence-corrected chi connectivity index (χ3v) is 5.87. The Labute approximate surface area is 118 Å². The summed E-state index contributed by atoms with van der Waals surface area (Å²) in [4.78, 5) is -0.0175. The summed E-state index contributed by atoms with van der Waals surface area (Å²) in [6.07, 6.45) is 2.63. The van der Waals surface area contributed by atoms with E-state index < -0.39 is 15.8 Å². The minimum absolute atomic E-state index is 0.0175. The predicted molar refractivity (Wildman–Crippen MR) is 72.9 cm³/mol. The molecular weight excluding hydrogens is 279 g/mol. The summed E-state index contributed by atoms with van der Waals surface area (Å²) in [6, 6.07) is 4.87. The molecule has 1 saturated heterocycles. The first-order chi connectivity index (χ1) is 9.37. The van der Waals surface area contributed by atoms with Gasteiger partial charge in [-0.25, -0.2) is 12.8 Å². The van der Waals surface area contributed by atoms with Crippen molar-refractivity contribution in [3.8, 4) is 6.07 Å². The quantitative estimate of drug-likeness (QED) is 0.843. The summed E-state index contributed by atoms with van der Waals surface area (Å²) in [6.45, 7) is 3.75. The molecule has 0 bridgehead atoms.